The van der Waals surface area contributed by atoms with E-state index in [0.29, 0.717) is 26.7 Å². The second-order valence-corrected chi connectivity index (χ2v) is 6.68. The average Bonchev–Trinajstić information content (AvgIpc) is 2.67. The Morgan fingerprint density at radius 1 is 1.00 bits per heavy atom. The first-order valence-corrected chi connectivity index (χ1v) is 8.81. The quantitative estimate of drug-likeness (QED) is 0.559. The molecule has 26 heavy (non-hydrogen) atoms. The number of rotatable bonds is 5. The maximum absolute atomic E-state index is 10.9. The van der Waals surface area contributed by atoms with E-state index in [9.17, 15) is 10.2 Å². The van der Waals surface area contributed by atoms with Crippen molar-refractivity contribution < 1.29 is 10.2 Å². The monoisotopic (exact) mass is 385 g/mol. The molecule has 3 nitrogen and oxygen atoms in total. The highest BCUT2D eigenvalue weighted by Crippen LogP contribution is 2.32. The molecule has 0 aliphatic heterocycles. The maximum atomic E-state index is 10.9. The average molecular weight is 386 g/mol. The first-order valence-electron chi connectivity index (χ1n) is 8.05. The van der Waals surface area contributed by atoms with Gasteiger partial charge in [0.1, 0.15) is 11.9 Å². The van der Waals surface area contributed by atoms with Crippen LogP contribution in [0.15, 0.2) is 78.6 Å². The predicted molar refractivity (Wildman–Crippen MR) is 105 cm³/mol. The van der Waals surface area contributed by atoms with Crippen molar-refractivity contribution in [1.82, 2.24) is 4.98 Å². The highest BCUT2D eigenvalue weighted by atomic mass is 35.5. The molecule has 3 rings (SSSR count). The fourth-order valence-electron chi connectivity index (χ4n) is 2.72. The van der Waals surface area contributed by atoms with Gasteiger partial charge in [-0.25, -0.2) is 0 Å². The maximum Gasteiger partial charge on any atom is 0.125 e. The Bertz CT molecular complexity index is 926. The molecule has 132 valence electrons. The summed E-state index contributed by atoms with van der Waals surface area (Å²) in [5.41, 5.74) is 2.35. The number of nitrogens with zero attached hydrogens (tertiary/aromatic N) is 1. The molecule has 0 aliphatic rings. The van der Waals surface area contributed by atoms with Crippen molar-refractivity contribution >= 4 is 29.0 Å². The van der Waals surface area contributed by atoms with E-state index in [1.165, 1.54) is 0 Å². The molecular formula is C21H17Cl2NO2. The molecule has 0 amide bonds. The normalized spacial score (nSPS) is 13.2. The van der Waals surface area contributed by atoms with Gasteiger partial charge in [0, 0.05) is 45.6 Å². The number of pyridine rings is 1. The smallest absolute Gasteiger partial charge is 0.125 e. The van der Waals surface area contributed by atoms with Gasteiger partial charge in [-0.05, 0) is 29.8 Å². The Hall–Kier alpha value is -2.33. The van der Waals surface area contributed by atoms with Gasteiger partial charge in [0.05, 0.1) is 0 Å². The Morgan fingerprint density at radius 2 is 1.81 bits per heavy atom. The Kier molecular flexibility index (Phi) is 5.94. The van der Waals surface area contributed by atoms with Gasteiger partial charge in [0.25, 0.3) is 0 Å². The van der Waals surface area contributed by atoms with Crippen molar-refractivity contribution in [3.63, 3.8) is 0 Å². The van der Waals surface area contributed by atoms with Gasteiger partial charge < -0.3 is 10.2 Å². The zero-order valence-corrected chi connectivity index (χ0v) is 15.3. The fraction of sp³-hybridized carbons (Fsp3) is 0.0952. The van der Waals surface area contributed by atoms with Crippen molar-refractivity contribution in [3.05, 3.63) is 105 Å². The zero-order valence-electron chi connectivity index (χ0n) is 13.8. The first kappa shape index (κ1) is 18.5. The molecule has 2 N–H and O–H groups in total. The molecule has 0 bridgehead atoms. The molecule has 1 unspecified atom stereocenters. The molecule has 0 spiro atoms. The lowest BCUT2D eigenvalue weighted by Gasteiger charge is -2.18. The largest absolute Gasteiger partial charge is 0.507 e. The summed E-state index contributed by atoms with van der Waals surface area (Å²) in [6.45, 7) is 0. The van der Waals surface area contributed by atoms with Gasteiger partial charge >= 0.3 is 0 Å². The van der Waals surface area contributed by atoms with E-state index in [4.69, 9.17) is 23.2 Å². The summed E-state index contributed by atoms with van der Waals surface area (Å²) >= 11 is 12.3. The van der Waals surface area contributed by atoms with Crippen molar-refractivity contribution in [2.45, 2.75) is 12.5 Å². The molecule has 2 aromatic carbocycles. The lowest BCUT2D eigenvalue weighted by atomic mass is 9.93. The van der Waals surface area contributed by atoms with E-state index >= 15 is 0 Å². The number of hydrogen-bond acceptors (Lipinski definition) is 3. The fourth-order valence-corrected chi connectivity index (χ4v) is 3.11. The van der Waals surface area contributed by atoms with Crippen molar-refractivity contribution in [2.75, 3.05) is 0 Å². The first-order chi connectivity index (χ1) is 12.6. The van der Waals surface area contributed by atoms with Crippen LogP contribution < -0.4 is 0 Å². The van der Waals surface area contributed by atoms with E-state index in [0.717, 1.165) is 5.56 Å². The minimum Gasteiger partial charge on any atom is -0.507 e. The van der Waals surface area contributed by atoms with Crippen LogP contribution in [-0.2, 0) is 6.42 Å². The molecule has 1 heterocycles. The van der Waals surface area contributed by atoms with E-state index in [2.05, 4.69) is 4.98 Å². The highest BCUT2D eigenvalue weighted by Gasteiger charge is 2.21. The van der Waals surface area contributed by atoms with Crippen molar-refractivity contribution in [2.24, 2.45) is 0 Å². The Balaban J connectivity index is 2.09. The number of halogens is 2. The van der Waals surface area contributed by atoms with Gasteiger partial charge in [-0.15, -0.1) is 0 Å². The lowest BCUT2D eigenvalue weighted by Crippen LogP contribution is -2.08. The van der Waals surface area contributed by atoms with Crippen LogP contribution in [0.3, 0.4) is 0 Å². The highest BCUT2D eigenvalue weighted by molar-refractivity contribution is 6.31. The number of hydrogen-bond donors (Lipinski definition) is 2. The van der Waals surface area contributed by atoms with Crippen LogP contribution in [-0.4, -0.2) is 15.2 Å². The van der Waals surface area contributed by atoms with Crippen LogP contribution in [0.5, 0.6) is 0 Å². The second kappa shape index (κ2) is 8.37. The van der Waals surface area contributed by atoms with Gasteiger partial charge in [0.15, 0.2) is 0 Å². The molecule has 0 radical (unpaired) electrons. The van der Waals surface area contributed by atoms with Crippen LogP contribution in [0, 0.1) is 0 Å². The van der Waals surface area contributed by atoms with Crippen LogP contribution in [0.1, 0.15) is 22.8 Å². The van der Waals surface area contributed by atoms with Crippen molar-refractivity contribution in [3.8, 4) is 0 Å². The third kappa shape index (κ3) is 4.25. The van der Waals surface area contributed by atoms with Crippen LogP contribution in [0.4, 0.5) is 0 Å². The third-order valence-electron chi connectivity index (χ3n) is 4.07. The van der Waals surface area contributed by atoms with Gasteiger partial charge in [-0.1, -0.05) is 59.6 Å². The lowest BCUT2D eigenvalue weighted by molar-refractivity contribution is 0.210. The number of aromatic nitrogens is 1. The third-order valence-corrected chi connectivity index (χ3v) is 4.68. The molecular weight excluding hydrogens is 369 g/mol. The van der Waals surface area contributed by atoms with Crippen molar-refractivity contribution in [1.29, 1.82) is 0 Å². The summed E-state index contributed by atoms with van der Waals surface area (Å²) in [7, 11) is 0. The van der Waals surface area contributed by atoms with E-state index in [1.807, 2.05) is 18.2 Å². The standard InChI is InChI=1S/C21H17Cl2NO2/c22-17-8-3-6-15(11-17)20(25)18(12-14-5-1-2-9-19(14)23)21(26)16-7-4-10-24-13-16/h1-11,13,21,25-26H,12H2/b20-18+. The molecule has 1 aromatic heterocycles. The topological polar surface area (TPSA) is 53.4 Å². The number of aliphatic hydroxyl groups excluding tert-OH is 2. The molecule has 5 heteroatoms. The molecule has 3 aromatic rings. The van der Waals surface area contributed by atoms with Crippen LogP contribution in [0.25, 0.3) is 5.76 Å². The van der Waals surface area contributed by atoms with Gasteiger partial charge in [0.2, 0.25) is 0 Å². The Labute approximate surface area is 162 Å². The number of aliphatic hydroxyl groups is 2. The van der Waals surface area contributed by atoms with Crippen LogP contribution >= 0.6 is 23.2 Å². The van der Waals surface area contributed by atoms with Gasteiger partial charge in [-0.3, -0.25) is 4.98 Å². The molecule has 0 saturated heterocycles. The summed E-state index contributed by atoms with van der Waals surface area (Å²) in [5, 5.41) is 22.9. The predicted octanol–water partition coefficient (Wildman–Crippen LogP) is 5.63. The SMILES string of the molecule is O/C(=C(\Cc1ccccc1Cl)C(O)c1cccnc1)c1cccc(Cl)c1. The Morgan fingerprint density at radius 3 is 2.50 bits per heavy atom. The summed E-state index contributed by atoms with van der Waals surface area (Å²) in [5.74, 6) is -0.0243. The van der Waals surface area contributed by atoms with E-state index < -0.39 is 6.10 Å². The molecule has 0 aliphatic carbocycles. The molecule has 1 atom stereocenters. The summed E-state index contributed by atoms with van der Waals surface area (Å²) in [6.07, 6.45) is 2.46. The van der Waals surface area contributed by atoms with Gasteiger partial charge in [-0.2, -0.15) is 0 Å². The molecule has 0 fully saturated rings. The summed E-state index contributed by atoms with van der Waals surface area (Å²) < 4.78 is 0. The second-order valence-electron chi connectivity index (χ2n) is 5.84. The number of benzene rings is 2. The van der Waals surface area contributed by atoms with E-state index in [-0.39, 0.29) is 12.2 Å². The van der Waals surface area contributed by atoms with E-state index in [1.54, 1.807) is 54.9 Å². The minimum atomic E-state index is -1.03. The molecule has 0 saturated carbocycles. The van der Waals surface area contributed by atoms with Crippen LogP contribution in [0.2, 0.25) is 10.0 Å². The summed E-state index contributed by atoms with van der Waals surface area (Å²) in [6, 6.07) is 17.7. The zero-order chi connectivity index (χ0) is 18.5. The minimum absolute atomic E-state index is 0.0243. The summed E-state index contributed by atoms with van der Waals surface area (Å²) in [4.78, 5) is 4.05.